The molecule has 0 heterocycles. The second kappa shape index (κ2) is 6.29. The summed E-state index contributed by atoms with van der Waals surface area (Å²) in [6.45, 7) is 4.51. The summed E-state index contributed by atoms with van der Waals surface area (Å²) in [6.07, 6.45) is 3.60. The number of benzene rings is 1. The predicted octanol–water partition coefficient (Wildman–Crippen LogP) is 2.46. The molecule has 0 saturated heterocycles. The van der Waals surface area contributed by atoms with E-state index in [9.17, 15) is 4.79 Å². The summed E-state index contributed by atoms with van der Waals surface area (Å²) < 4.78 is 5.80. The summed E-state index contributed by atoms with van der Waals surface area (Å²) in [5.74, 6) is 1.99. The standard InChI is InChI=1S/C18H26N2O2/c1-11(2)22-15-6-4-3-5-14(15)10-20-18(21)16-12-7-8-13(9-12)17(16)19/h3-6,11-13,16-17H,7-10,19H2,1-2H3,(H,20,21). The smallest absolute Gasteiger partial charge is 0.225 e. The quantitative estimate of drug-likeness (QED) is 0.878. The number of nitrogens with one attached hydrogen (secondary N) is 1. The van der Waals surface area contributed by atoms with Gasteiger partial charge in [0.15, 0.2) is 0 Å². The monoisotopic (exact) mass is 302 g/mol. The first-order valence-electron chi connectivity index (χ1n) is 8.34. The molecular formula is C18H26N2O2. The van der Waals surface area contributed by atoms with Gasteiger partial charge in [-0.3, -0.25) is 4.79 Å². The van der Waals surface area contributed by atoms with Gasteiger partial charge in [0.2, 0.25) is 5.91 Å². The molecule has 2 fully saturated rings. The summed E-state index contributed by atoms with van der Waals surface area (Å²) in [6, 6.07) is 7.91. The van der Waals surface area contributed by atoms with E-state index in [0.717, 1.165) is 24.2 Å². The van der Waals surface area contributed by atoms with E-state index in [1.54, 1.807) is 0 Å². The van der Waals surface area contributed by atoms with E-state index < -0.39 is 0 Å². The van der Waals surface area contributed by atoms with Crippen LogP contribution in [0.2, 0.25) is 0 Å². The van der Waals surface area contributed by atoms with Crippen molar-refractivity contribution >= 4 is 5.91 Å². The zero-order chi connectivity index (χ0) is 15.7. The maximum Gasteiger partial charge on any atom is 0.225 e. The SMILES string of the molecule is CC(C)Oc1ccccc1CNC(=O)C1C2CCC(C2)C1N. The maximum atomic E-state index is 12.5. The molecule has 0 spiro atoms. The zero-order valence-corrected chi connectivity index (χ0v) is 13.4. The Morgan fingerprint density at radius 1 is 1.32 bits per heavy atom. The van der Waals surface area contributed by atoms with Gasteiger partial charge in [0.05, 0.1) is 12.0 Å². The molecule has 120 valence electrons. The van der Waals surface area contributed by atoms with Gasteiger partial charge in [-0.25, -0.2) is 0 Å². The molecule has 2 aliphatic rings. The first kappa shape index (κ1) is 15.3. The van der Waals surface area contributed by atoms with E-state index in [2.05, 4.69) is 5.32 Å². The number of carbonyl (C=O) groups is 1. The molecule has 4 nitrogen and oxygen atoms in total. The van der Waals surface area contributed by atoms with E-state index >= 15 is 0 Å². The van der Waals surface area contributed by atoms with Crippen LogP contribution in [0, 0.1) is 17.8 Å². The summed E-state index contributed by atoms with van der Waals surface area (Å²) >= 11 is 0. The van der Waals surface area contributed by atoms with Gasteiger partial charge < -0.3 is 15.8 Å². The highest BCUT2D eigenvalue weighted by Crippen LogP contribution is 2.47. The molecule has 0 radical (unpaired) electrons. The van der Waals surface area contributed by atoms with Crippen LogP contribution in [0.4, 0.5) is 0 Å². The molecule has 4 unspecified atom stereocenters. The lowest BCUT2D eigenvalue weighted by Crippen LogP contribution is -2.45. The molecule has 3 N–H and O–H groups in total. The Kier molecular flexibility index (Phi) is 4.39. The highest BCUT2D eigenvalue weighted by molar-refractivity contribution is 5.80. The molecule has 1 aromatic rings. The van der Waals surface area contributed by atoms with Crippen molar-refractivity contribution in [2.45, 2.75) is 51.8 Å². The second-order valence-corrected chi connectivity index (χ2v) is 6.93. The highest BCUT2D eigenvalue weighted by atomic mass is 16.5. The van der Waals surface area contributed by atoms with Gasteiger partial charge in [0.1, 0.15) is 5.75 Å². The molecule has 2 saturated carbocycles. The molecular weight excluding hydrogens is 276 g/mol. The van der Waals surface area contributed by atoms with Crippen LogP contribution in [0.15, 0.2) is 24.3 Å². The predicted molar refractivity (Wildman–Crippen MR) is 86.3 cm³/mol. The van der Waals surface area contributed by atoms with Gasteiger partial charge in [-0.2, -0.15) is 0 Å². The molecule has 3 rings (SSSR count). The van der Waals surface area contributed by atoms with Crippen LogP contribution >= 0.6 is 0 Å². The number of carbonyl (C=O) groups excluding carboxylic acids is 1. The normalized spacial score (nSPS) is 29.8. The average molecular weight is 302 g/mol. The minimum atomic E-state index is -0.00284. The fraction of sp³-hybridized carbons (Fsp3) is 0.611. The van der Waals surface area contributed by atoms with Gasteiger partial charge in [-0.1, -0.05) is 18.2 Å². The van der Waals surface area contributed by atoms with Gasteiger partial charge in [-0.05, 0) is 51.0 Å². The Labute approximate surface area is 132 Å². The fourth-order valence-electron chi connectivity index (χ4n) is 4.04. The van der Waals surface area contributed by atoms with Crippen LogP contribution in [-0.4, -0.2) is 18.1 Å². The van der Waals surface area contributed by atoms with Crippen LogP contribution in [0.25, 0.3) is 0 Å². The number of hydrogen-bond donors (Lipinski definition) is 2. The van der Waals surface area contributed by atoms with Gasteiger partial charge in [0.25, 0.3) is 0 Å². The van der Waals surface area contributed by atoms with Crippen LogP contribution in [0.3, 0.4) is 0 Å². The number of amides is 1. The summed E-state index contributed by atoms with van der Waals surface area (Å²) in [5.41, 5.74) is 7.26. The summed E-state index contributed by atoms with van der Waals surface area (Å²) in [7, 11) is 0. The number of hydrogen-bond acceptors (Lipinski definition) is 3. The maximum absolute atomic E-state index is 12.5. The van der Waals surface area contributed by atoms with Crippen molar-refractivity contribution in [1.29, 1.82) is 0 Å². The van der Waals surface area contributed by atoms with Crippen LogP contribution in [0.5, 0.6) is 5.75 Å². The van der Waals surface area contributed by atoms with E-state index in [0.29, 0.717) is 18.4 Å². The number of rotatable bonds is 5. The van der Waals surface area contributed by atoms with Crippen LogP contribution < -0.4 is 15.8 Å². The largest absolute Gasteiger partial charge is 0.491 e. The van der Waals surface area contributed by atoms with Crippen molar-refractivity contribution in [2.24, 2.45) is 23.5 Å². The van der Waals surface area contributed by atoms with Gasteiger partial charge in [0, 0.05) is 18.2 Å². The van der Waals surface area contributed by atoms with Gasteiger partial charge >= 0.3 is 0 Å². The average Bonchev–Trinajstić information content (AvgIpc) is 3.06. The first-order valence-corrected chi connectivity index (χ1v) is 8.34. The Bertz CT molecular complexity index is 542. The highest BCUT2D eigenvalue weighted by Gasteiger charge is 2.48. The van der Waals surface area contributed by atoms with E-state index in [-0.39, 0.29) is 24.0 Å². The van der Waals surface area contributed by atoms with Crippen LogP contribution in [-0.2, 0) is 11.3 Å². The lowest BCUT2D eigenvalue weighted by atomic mass is 9.84. The van der Waals surface area contributed by atoms with Gasteiger partial charge in [-0.15, -0.1) is 0 Å². The molecule has 0 aliphatic heterocycles. The minimum absolute atomic E-state index is 0.00284. The minimum Gasteiger partial charge on any atom is -0.491 e. The Morgan fingerprint density at radius 3 is 2.73 bits per heavy atom. The van der Waals surface area contributed by atoms with Crippen molar-refractivity contribution in [3.8, 4) is 5.75 Å². The van der Waals surface area contributed by atoms with E-state index in [1.807, 2.05) is 38.1 Å². The third kappa shape index (κ3) is 2.98. The lowest BCUT2D eigenvalue weighted by Gasteiger charge is -2.27. The fourth-order valence-corrected chi connectivity index (χ4v) is 4.04. The van der Waals surface area contributed by atoms with Crippen molar-refractivity contribution in [3.63, 3.8) is 0 Å². The molecule has 4 heteroatoms. The Morgan fingerprint density at radius 2 is 2.05 bits per heavy atom. The van der Waals surface area contributed by atoms with Crippen molar-refractivity contribution < 1.29 is 9.53 Å². The number of para-hydroxylation sites is 1. The number of ether oxygens (including phenoxy) is 1. The summed E-state index contributed by atoms with van der Waals surface area (Å²) in [5, 5.41) is 3.07. The molecule has 2 aliphatic carbocycles. The first-order chi connectivity index (χ1) is 10.6. The number of fused-ring (bicyclic) bond motifs is 2. The van der Waals surface area contributed by atoms with Crippen LogP contribution in [0.1, 0.15) is 38.7 Å². The topological polar surface area (TPSA) is 64.3 Å². The number of nitrogens with two attached hydrogens (primary N) is 1. The molecule has 1 amide bonds. The van der Waals surface area contributed by atoms with Crippen molar-refractivity contribution in [3.05, 3.63) is 29.8 Å². The van der Waals surface area contributed by atoms with Crippen molar-refractivity contribution in [2.75, 3.05) is 0 Å². The van der Waals surface area contributed by atoms with Crippen molar-refractivity contribution in [1.82, 2.24) is 5.32 Å². The second-order valence-electron chi connectivity index (χ2n) is 6.93. The Hall–Kier alpha value is -1.55. The molecule has 1 aromatic carbocycles. The third-order valence-electron chi connectivity index (χ3n) is 5.07. The third-order valence-corrected chi connectivity index (χ3v) is 5.07. The lowest BCUT2D eigenvalue weighted by molar-refractivity contribution is -0.127. The molecule has 2 bridgehead atoms. The molecule has 4 atom stereocenters. The molecule has 22 heavy (non-hydrogen) atoms. The zero-order valence-electron chi connectivity index (χ0n) is 13.4. The summed E-state index contributed by atoms with van der Waals surface area (Å²) in [4.78, 5) is 12.5. The van der Waals surface area contributed by atoms with E-state index in [4.69, 9.17) is 10.5 Å². The molecule has 0 aromatic heterocycles. The van der Waals surface area contributed by atoms with E-state index in [1.165, 1.54) is 6.42 Å². The Balaban J connectivity index is 1.62.